The standard InChI is InChI=1S/C20H38O5/c1-3-4-5-6-8-11-14-18(22)19(25-17(2)21)15-12-9-7-10-13-16-20(23)24/h18-19,22H,3-16H2,1-2H3,(H,23,24)/t18-,19-/m1/s1. The highest BCUT2D eigenvalue weighted by Gasteiger charge is 2.21. The van der Waals surface area contributed by atoms with Crippen molar-refractivity contribution in [1.82, 2.24) is 0 Å². The molecule has 148 valence electrons. The van der Waals surface area contributed by atoms with Crippen LogP contribution in [0, 0.1) is 0 Å². The summed E-state index contributed by atoms with van der Waals surface area (Å²) in [6.45, 7) is 3.58. The van der Waals surface area contributed by atoms with E-state index in [-0.39, 0.29) is 12.4 Å². The van der Waals surface area contributed by atoms with Crippen LogP contribution in [0.3, 0.4) is 0 Å². The van der Waals surface area contributed by atoms with Gasteiger partial charge < -0.3 is 14.9 Å². The van der Waals surface area contributed by atoms with Gasteiger partial charge in [0, 0.05) is 13.3 Å². The van der Waals surface area contributed by atoms with Gasteiger partial charge in [0.15, 0.2) is 0 Å². The Labute approximate surface area is 153 Å². The van der Waals surface area contributed by atoms with Crippen molar-refractivity contribution in [3.05, 3.63) is 0 Å². The van der Waals surface area contributed by atoms with Crippen molar-refractivity contribution in [2.45, 2.75) is 116 Å². The summed E-state index contributed by atoms with van der Waals surface area (Å²) in [6.07, 6.45) is 12.1. The first kappa shape index (κ1) is 23.9. The molecule has 0 aliphatic carbocycles. The third-order valence-corrected chi connectivity index (χ3v) is 4.48. The molecule has 0 saturated carbocycles. The second-order valence-corrected chi connectivity index (χ2v) is 6.97. The fourth-order valence-electron chi connectivity index (χ4n) is 3.01. The van der Waals surface area contributed by atoms with Gasteiger partial charge in [-0.3, -0.25) is 9.59 Å². The topological polar surface area (TPSA) is 83.8 Å². The van der Waals surface area contributed by atoms with Gasteiger partial charge in [0.25, 0.3) is 0 Å². The molecule has 2 N–H and O–H groups in total. The van der Waals surface area contributed by atoms with Crippen LogP contribution < -0.4 is 0 Å². The molecule has 0 saturated heterocycles. The van der Waals surface area contributed by atoms with E-state index in [1.165, 1.54) is 32.6 Å². The Morgan fingerprint density at radius 1 is 0.840 bits per heavy atom. The number of rotatable bonds is 17. The van der Waals surface area contributed by atoms with Gasteiger partial charge in [-0.05, 0) is 25.7 Å². The van der Waals surface area contributed by atoms with E-state index in [9.17, 15) is 14.7 Å². The van der Waals surface area contributed by atoms with Crippen molar-refractivity contribution >= 4 is 11.9 Å². The molecule has 0 aromatic rings. The van der Waals surface area contributed by atoms with Crippen LogP contribution in [0.25, 0.3) is 0 Å². The number of aliphatic hydroxyl groups is 1. The Hall–Kier alpha value is -1.10. The smallest absolute Gasteiger partial charge is 0.303 e. The summed E-state index contributed by atoms with van der Waals surface area (Å²) < 4.78 is 5.30. The van der Waals surface area contributed by atoms with Gasteiger partial charge in [0.2, 0.25) is 0 Å². The highest BCUT2D eigenvalue weighted by molar-refractivity contribution is 5.66. The Morgan fingerprint density at radius 3 is 1.92 bits per heavy atom. The molecule has 0 aromatic carbocycles. The van der Waals surface area contributed by atoms with Crippen LogP contribution in [-0.2, 0) is 14.3 Å². The van der Waals surface area contributed by atoms with E-state index in [4.69, 9.17) is 9.84 Å². The van der Waals surface area contributed by atoms with Crippen LogP contribution in [0.1, 0.15) is 104 Å². The molecule has 0 aliphatic heterocycles. The normalized spacial score (nSPS) is 13.4. The number of carboxylic acid groups (broad SMARTS) is 1. The van der Waals surface area contributed by atoms with E-state index in [0.717, 1.165) is 38.5 Å². The van der Waals surface area contributed by atoms with Crippen LogP contribution in [0.2, 0.25) is 0 Å². The van der Waals surface area contributed by atoms with E-state index < -0.39 is 18.2 Å². The summed E-state index contributed by atoms with van der Waals surface area (Å²) in [5.74, 6) is -1.08. The van der Waals surface area contributed by atoms with Crippen molar-refractivity contribution in [1.29, 1.82) is 0 Å². The molecule has 0 radical (unpaired) electrons. The average molecular weight is 359 g/mol. The minimum Gasteiger partial charge on any atom is -0.481 e. The monoisotopic (exact) mass is 358 g/mol. The number of hydrogen-bond acceptors (Lipinski definition) is 4. The van der Waals surface area contributed by atoms with E-state index >= 15 is 0 Å². The van der Waals surface area contributed by atoms with E-state index in [0.29, 0.717) is 19.3 Å². The molecule has 0 amide bonds. The summed E-state index contributed by atoms with van der Waals surface area (Å²) in [5.41, 5.74) is 0. The van der Waals surface area contributed by atoms with Gasteiger partial charge in [-0.15, -0.1) is 0 Å². The summed E-state index contributed by atoms with van der Waals surface area (Å²) in [7, 11) is 0. The molecule has 0 unspecified atom stereocenters. The first-order chi connectivity index (χ1) is 12.0. The number of carbonyl (C=O) groups is 2. The minimum absolute atomic E-state index is 0.229. The lowest BCUT2D eigenvalue weighted by atomic mass is 9.99. The van der Waals surface area contributed by atoms with Crippen molar-refractivity contribution < 1.29 is 24.5 Å². The second-order valence-electron chi connectivity index (χ2n) is 6.97. The quantitative estimate of drug-likeness (QED) is 0.287. The molecule has 5 heteroatoms. The van der Waals surface area contributed by atoms with Gasteiger partial charge in [-0.1, -0.05) is 64.7 Å². The molecular weight excluding hydrogens is 320 g/mol. The maximum Gasteiger partial charge on any atom is 0.303 e. The van der Waals surface area contributed by atoms with Crippen molar-refractivity contribution in [2.24, 2.45) is 0 Å². The first-order valence-corrected chi connectivity index (χ1v) is 10.0. The van der Waals surface area contributed by atoms with Crippen LogP contribution in [-0.4, -0.2) is 34.4 Å². The Bertz CT molecular complexity index is 343. The zero-order valence-corrected chi connectivity index (χ0v) is 16.2. The molecular formula is C20H38O5. The summed E-state index contributed by atoms with van der Waals surface area (Å²) in [4.78, 5) is 21.7. The van der Waals surface area contributed by atoms with Crippen molar-refractivity contribution in [3.8, 4) is 0 Å². The maximum atomic E-state index is 11.3. The number of aliphatic carboxylic acids is 1. The van der Waals surface area contributed by atoms with Gasteiger partial charge in [0.05, 0.1) is 6.10 Å². The van der Waals surface area contributed by atoms with E-state index in [1.807, 2.05) is 0 Å². The van der Waals surface area contributed by atoms with Crippen LogP contribution >= 0.6 is 0 Å². The lowest BCUT2D eigenvalue weighted by Gasteiger charge is -2.22. The van der Waals surface area contributed by atoms with Gasteiger partial charge in [-0.25, -0.2) is 0 Å². The zero-order valence-electron chi connectivity index (χ0n) is 16.2. The number of hydrogen-bond donors (Lipinski definition) is 2. The molecule has 0 fully saturated rings. The first-order valence-electron chi connectivity index (χ1n) is 10.0. The predicted octanol–water partition coefficient (Wildman–Crippen LogP) is 4.84. The Morgan fingerprint density at radius 2 is 1.36 bits per heavy atom. The lowest BCUT2D eigenvalue weighted by Crippen LogP contribution is -2.30. The molecule has 0 spiro atoms. The SMILES string of the molecule is CCCCCCCC[C@@H](O)[C@@H](CCCCCCCC(=O)O)OC(C)=O. The number of carbonyl (C=O) groups excluding carboxylic acids is 1. The highest BCUT2D eigenvalue weighted by Crippen LogP contribution is 2.17. The van der Waals surface area contributed by atoms with E-state index in [2.05, 4.69) is 6.92 Å². The van der Waals surface area contributed by atoms with Gasteiger partial charge in [-0.2, -0.15) is 0 Å². The fraction of sp³-hybridized carbons (Fsp3) is 0.900. The largest absolute Gasteiger partial charge is 0.481 e. The maximum absolute atomic E-state index is 11.3. The van der Waals surface area contributed by atoms with Crippen LogP contribution in [0.5, 0.6) is 0 Å². The molecule has 0 rings (SSSR count). The minimum atomic E-state index is -0.743. The van der Waals surface area contributed by atoms with Crippen molar-refractivity contribution in [3.63, 3.8) is 0 Å². The highest BCUT2D eigenvalue weighted by atomic mass is 16.6. The zero-order chi connectivity index (χ0) is 18.9. The molecule has 2 atom stereocenters. The fourth-order valence-corrected chi connectivity index (χ4v) is 3.01. The summed E-state index contributed by atoms with van der Waals surface area (Å²) in [5, 5.41) is 18.9. The average Bonchev–Trinajstić information content (AvgIpc) is 2.55. The molecule has 5 nitrogen and oxygen atoms in total. The number of carboxylic acids is 1. The van der Waals surface area contributed by atoms with E-state index in [1.54, 1.807) is 0 Å². The third-order valence-electron chi connectivity index (χ3n) is 4.48. The molecule has 25 heavy (non-hydrogen) atoms. The lowest BCUT2D eigenvalue weighted by molar-refractivity contribution is -0.153. The Kier molecular flexibility index (Phi) is 15.7. The van der Waals surface area contributed by atoms with Crippen LogP contribution in [0.15, 0.2) is 0 Å². The number of aliphatic hydroxyl groups excluding tert-OH is 1. The molecule has 0 bridgehead atoms. The van der Waals surface area contributed by atoms with Crippen molar-refractivity contribution in [2.75, 3.05) is 0 Å². The number of esters is 1. The molecule has 0 aromatic heterocycles. The van der Waals surface area contributed by atoms with Crippen LogP contribution in [0.4, 0.5) is 0 Å². The second kappa shape index (κ2) is 16.4. The summed E-state index contributed by atoms with van der Waals surface area (Å²) >= 11 is 0. The number of unbranched alkanes of at least 4 members (excludes halogenated alkanes) is 9. The van der Waals surface area contributed by atoms with Gasteiger partial charge in [0.1, 0.15) is 6.10 Å². The molecule has 0 aliphatic rings. The molecule has 0 heterocycles. The third kappa shape index (κ3) is 16.1. The number of ether oxygens (including phenoxy) is 1. The predicted molar refractivity (Wildman–Crippen MR) is 99.5 cm³/mol. The summed E-state index contributed by atoms with van der Waals surface area (Å²) in [6, 6.07) is 0. The Balaban J connectivity index is 3.89. The van der Waals surface area contributed by atoms with Gasteiger partial charge >= 0.3 is 11.9 Å².